The highest BCUT2D eigenvalue weighted by molar-refractivity contribution is 5.30. The SMILES string of the molecule is NC(CO)(CCN1Cc2ccccc2C1)c1ccccc1. The summed E-state index contributed by atoms with van der Waals surface area (Å²) in [6.45, 7) is 2.82. The summed E-state index contributed by atoms with van der Waals surface area (Å²) in [6.07, 6.45) is 0.751. The third-order valence-electron chi connectivity index (χ3n) is 4.41. The molecule has 3 heteroatoms. The van der Waals surface area contributed by atoms with Gasteiger partial charge in [0.2, 0.25) is 0 Å². The second-order valence-corrected chi connectivity index (χ2v) is 5.91. The van der Waals surface area contributed by atoms with Gasteiger partial charge in [0.05, 0.1) is 12.1 Å². The lowest BCUT2D eigenvalue weighted by molar-refractivity contribution is 0.163. The smallest absolute Gasteiger partial charge is 0.0656 e. The van der Waals surface area contributed by atoms with Gasteiger partial charge in [0, 0.05) is 19.6 Å². The van der Waals surface area contributed by atoms with Crippen LogP contribution in [0.1, 0.15) is 23.1 Å². The maximum absolute atomic E-state index is 9.74. The summed E-state index contributed by atoms with van der Waals surface area (Å²) >= 11 is 0. The van der Waals surface area contributed by atoms with Gasteiger partial charge < -0.3 is 10.8 Å². The molecular formula is C18H22N2O. The van der Waals surface area contributed by atoms with E-state index >= 15 is 0 Å². The minimum absolute atomic E-state index is 0.0300. The van der Waals surface area contributed by atoms with E-state index in [0.29, 0.717) is 0 Å². The van der Waals surface area contributed by atoms with Crippen LogP contribution in [0.3, 0.4) is 0 Å². The van der Waals surface area contributed by atoms with Crippen molar-refractivity contribution in [1.29, 1.82) is 0 Å². The van der Waals surface area contributed by atoms with Crippen LogP contribution in [0.4, 0.5) is 0 Å². The monoisotopic (exact) mass is 282 g/mol. The number of fused-ring (bicyclic) bond motifs is 1. The van der Waals surface area contributed by atoms with E-state index in [2.05, 4.69) is 29.2 Å². The Morgan fingerprint density at radius 3 is 2.10 bits per heavy atom. The van der Waals surface area contributed by atoms with Crippen molar-refractivity contribution >= 4 is 0 Å². The molecule has 0 saturated carbocycles. The van der Waals surface area contributed by atoms with Crippen molar-refractivity contribution in [3.8, 4) is 0 Å². The van der Waals surface area contributed by atoms with Crippen LogP contribution < -0.4 is 5.73 Å². The van der Waals surface area contributed by atoms with E-state index < -0.39 is 5.54 Å². The molecule has 2 aromatic rings. The highest BCUT2D eigenvalue weighted by Crippen LogP contribution is 2.26. The third kappa shape index (κ3) is 3.00. The van der Waals surface area contributed by atoms with Crippen LogP contribution in [0.2, 0.25) is 0 Å². The summed E-state index contributed by atoms with van der Waals surface area (Å²) in [6, 6.07) is 18.5. The van der Waals surface area contributed by atoms with E-state index in [-0.39, 0.29) is 6.61 Å². The van der Waals surface area contributed by atoms with Crippen LogP contribution in [-0.4, -0.2) is 23.2 Å². The fourth-order valence-corrected chi connectivity index (χ4v) is 3.00. The highest BCUT2D eigenvalue weighted by atomic mass is 16.3. The fourth-order valence-electron chi connectivity index (χ4n) is 3.00. The summed E-state index contributed by atoms with van der Waals surface area (Å²) < 4.78 is 0. The lowest BCUT2D eigenvalue weighted by atomic mass is 9.88. The molecule has 0 bridgehead atoms. The van der Waals surface area contributed by atoms with Gasteiger partial charge in [-0.05, 0) is 23.1 Å². The Labute approximate surface area is 126 Å². The first kappa shape index (κ1) is 14.3. The van der Waals surface area contributed by atoms with Gasteiger partial charge in [0.15, 0.2) is 0 Å². The standard InChI is InChI=1S/C18H22N2O/c19-18(14-21,17-8-2-1-3-9-17)10-11-20-12-15-6-4-5-7-16(15)13-20/h1-9,21H,10-14,19H2. The molecule has 0 aromatic heterocycles. The molecule has 1 unspecified atom stereocenters. The molecule has 0 spiro atoms. The minimum atomic E-state index is -0.657. The van der Waals surface area contributed by atoms with Crippen molar-refractivity contribution in [1.82, 2.24) is 4.90 Å². The first-order valence-corrected chi connectivity index (χ1v) is 7.46. The number of nitrogens with two attached hydrogens (primary N) is 1. The second-order valence-electron chi connectivity index (χ2n) is 5.91. The van der Waals surface area contributed by atoms with Crippen LogP contribution in [0.25, 0.3) is 0 Å². The van der Waals surface area contributed by atoms with Gasteiger partial charge in [-0.25, -0.2) is 0 Å². The summed E-state index contributed by atoms with van der Waals surface area (Å²) in [4.78, 5) is 2.39. The average Bonchev–Trinajstić information content (AvgIpc) is 2.96. The molecule has 2 aromatic carbocycles. The van der Waals surface area contributed by atoms with Gasteiger partial charge in [-0.15, -0.1) is 0 Å². The zero-order valence-corrected chi connectivity index (χ0v) is 12.2. The zero-order valence-electron chi connectivity index (χ0n) is 12.2. The van der Waals surface area contributed by atoms with Gasteiger partial charge >= 0.3 is 0 Å². The van der Waals surface area contributed by atoms with E-state index in [1.165, 1.54) is 11.1 Å². The molecule has 3 nitrogen and oxygen atoms in total. The Morgan fingerprint density at radius 1 is 0.952 bits per heavy atom. The third-order valence-corrected chi connectivity index (χ3v) is 4.41. The molecule has 0 aliphatic carbocycles. The molecule has 0 amide bonds. The number of hydrogen-bond acceptors (Lipinski definition) is 3. The number of nitrogens with zero attached hydrogens (tertiary/aromatic N) is 1. The molecule has 1 atom stereocenters. The van der Waals surface area contributed by atoms with Gasteiger partial charge in [0.25, 0.3) is 0 Å². The summed E-state index contributed by atoms with van der Waals surface area (Å²) in [5, 5.41) is 9.74. The maximum Gasteiger partial charge on any atom is 0.0656 e. The molecule has 0 fully saturated rings. The van der Waals surface area contributed by atoms with Crippen LogP contribution in [-0.2, 0) is 18.6 Å². The Morgan fingerprint density at radius 2 is 1.52 bits per heavy atom. The predicted molar refractivity (Wildman–Crippen MR) is 84.6 cm³/mol. The molecule has 110 valence electrons. The summed E-state index contributed by atoms with van der Waals surface area (Å²) in [5.41, 5.74) is 9.58. The second kappa shape index (κ2) is 5.98. The van der Waals surface area contributed by atoms with Crippen LogP contribution in [0.15, 0.2) is 54.6 Å². The number of hydrogen-bond donors (Lipinski definition) is 2. The quantitative estimate of drug-likeness (QED) is 0.884. The molecule has 0 radical (unpaired) electrons. The van der Waals surface area contributed by atoms with Crippen LogP contribution in [0.5, 0.6) is 0 Å². The first-order chi connectivity index (χ1) is 10.2. The van der Waals surface area contributed by atoms with Crippen molar-refractivity contribution in [3.63, 3.8) is 0 Å². The molecule has 21 heavy (non-hydrogen) atoms. The Hall–Kier alpha value is -1.68. The molecular weight excluding hydrogens is 260 g/mol. The summed E-state index contributed by atoms with van der Waals surface area (Å²) in [5.74, 6) is 0. The molecule has 0 saturated heterocycles. The van der Waals surface area contributed by atoms with Crippen molar-refractivity contribution < 1.29 is 5.11 Å². The Kier molecular flexibility index (Phi) is 4.06. The topological polar surface area (TPSA) is 49.5 Å². The van der Waals surface area contributed by atoms with E-state index in [4.69, 9.17) is 5.73 Å². The van der Waals surface area contributed by atoms with Crippen molar-refractivity contribution in [2.75, 3.05) is 13.2 Å². The lowest BCUT2D eigenvalue weighted by Gasteiger charge is -2.30. The van der Waals surface area contributed by atoms with E-state index in [9.17, 15) is 5.11 Å². The maximum atomic E-state index is 9.74. The average molecular weight is 282 g/mol. The molecule has 3 N–H and O–H groups in total. The summed E-state index contributed by atoms with van der Waals surface area (Å²) in [7, 11) is 0. The number of aliphatic hydroxyl groups excluding tert-OH is 1. The van der Waals surface area contributed by atoms with E-state index in [1.54, 1.807) is 0 Å². The first-order valence-electron chi connectivity index (χ1n) is 7.46. The van der Waals surface area contributed by atoms with Gasteiger partial charge in [0.1, 0.15) is 0 Å². The van der Waals surface area contributed by atoms with Crippen molar-refractivity contribution in [2.45, 2.75) is 25.0 Å². The van der Waals surface area contributed by atoms with Crippen LogP contribution in [0, 0.1) is 0 Å². The van der Waals surface area contributed by atoms with Crippen molar-refractivity contribution in [3.05, 3.63) is 71.3 Å². The van der Waals surface area contributed by atoms with E-state index in [0.717, 1.165) is 31.6 Å². The molecule has 1 aliphatic rings. The molecule has 3 rings (SSSR count). The molecule has 1 heterocycles. The van der Waals surface area contributed by atoms with Gasteiger partial charge in [-0.3, -0.25) is 4.90 Å². The van der Waals surface area contributed by atoms with Gasteiger partial charge in [-0.1, -0.05) is 54.6 Å². The van der Waals surface area contributed by atoms with Crippen LogP contribution >= 0.6 is 0 Å². The van der Waals surface area contributed by atoms with Gasteiger partial charge in [-0.2, -0.15) is 0 Å². The Bertz CT molecular complexity index is 574. The zero-order chi connectivity index (χ0) is 14.7. The lowest BCUT2D eigenvalue weighted by Crippen LogP contribution is -2.43. The number of benzene rings is 2. The Balaban J connectivity index is 1.65. The van der Waals surface area contributed by atoms with Crippen molar-refractivity contribution in [2.24, 2.45) is 5.73 Å². The minimum Gasteiger partial charge on any atom is -0.394 e. The highest BCUT2D eigenvalue weighted by Gasteiger charge is 2.28. The largest absolute Gasteiger partial charge is 0.394 e. The predicted octanol–water partition coefficient (Wildman–Crippen LogP) is 2.24. The normalized spacial score (nSPS) is 17.4. The molecule has 1 aliphatic heterocycles. The number of aliphatic hydroxyl groups is 1. The fraction of sp³-hybridized carbons (Fsp3) is 0.333. The number of rotatable bonds is 5. The van der Waals surface area contributed by atoms with E-state index in [1.807, 2.05) is 30.3 Å².